The van der Waals surface area contributed by atoms with Gasteiger partial charge in [-0.3, -0.25) is 0 Å². The summed E-state index contributed by atoms with van der Waals surface area (Å²) in [6, 6.07) is 5.89. The van der Waals surface area contributed by atoms with E-state index in [1.54, 1.807) is 13.8 Å². The maximum absolute atomic E-state index is 12.6. The van der Waals surface area contributed by atoms with Crippen molar-refractivity contribution in [1.82, 2.24) is 0 Å². The summed E-state index contributed by atoms with van der Waals surface area (Å²) < 4.78 is 16.2. The van der Waals surface area contributed by atoms with Crippen LogP contribution in [0.25, 0.3) is 0 Å². The van der Waals surface area contributed by atoms with Crippen LogP contribution in [0, 0.1) is 25.2 Å². The molecule has 6 heteroatoms. The monoisotopic (exact) mass is 356 g/mol. The number of nitrogens with zero attached hydrogens (tertiary/aromatic N) is 1. The standard InChI is InChI=1S/C20H24N2O4/c1-6-24-14-8-11(3)16(12(4)9-14)18-15(10-21)19(22)26-13(5)17(18)20(23)25-7-2/h8-9,18H,6-7,22H2,1-5H3. The predicted molar refractivity (Wildman–Crippen MR) is 97.1 cm³/mol. The molecule has 1 atom stereocenters. The minimum Gasteiger partial charge on any atom is -0.494 e. The lowest BCUT2D eigenvalue weighted by atomic mass is 9.79. The zero-order valence-corrected chi connectivity index (χ0v) is 15.8. The van der Waals surface area contributed by atoms with E-state index in [9.17, 15) is 10.1 Å². The van der Waals surface area contributed by atoms with Crippen LogP contribution in [0.4, 0.5) is 0 Å². The summed E-state index contributed by atoms with van der Waals surface area (Å²) in [4.78, 5) is 12.6. The van der Waals surface area contributed by atoms with E-state index < -0.39 is 11.9 Å². The summed E-state index contributed by atoms with van der Waals surface area (Å²) in [5.74, 6) is -0.0491. The van der Waals surface area contributed by atoms with Gasteiger partial charge < -0.3 is 19.9 Å². The largest absolute Gasteiger partial charge is 0.494 e. The van der Waals surface area contributed by atoms with Crippen molar-refractivity contribution in [2.45, 2.75) is 40.5 Å². The molecule has 1 aliphatic heterocycles. The van der Waals surface area contributed by atoms with Gasteiger partial charge in [-0.15, -0.1) is 0 Å². The first-order chi connectivity index (χ1) is 12.3. The van der Waals surface area contributed by atoms with E-state index in [0.717, 1.165) is 22.4 Å². The van der Waals surface area contributed by atoms with E-state index in [4.69, 9.17) is 19.9 Å². The second-order valence-corrected chi connectivity index (χ2v) is 6.02. The third-order valence-corrected chi connectivity index (χ3v) is 4.27. The molecule has 1 aromatic rings. The third-order valence-electron chi connectivity index (χ3n) is 4.27. The van der Waals surface area contributed by atoms with Gasteiger partial charge in [0, 0.05) is 0 Å². The fourth-order valence-electron chi connectivity index (χ4n) is 3.28. The molecule has 26 heavy (non-hydrogen) atoms. The lowest BCUT2D eigenvalue weighted by Gasteiger charge is -2.29. The van der Waals surface area contributed by atoms with Gasteiger partial charge in [-0.05, 0) is 63.4 Å². The SMILES string of the molecule is CCOC(=O)C1=C(C)OC(N)=C(C#N)C1c1c(C)cc(OCC)cc1C. The molecule has 0 aliphatic carbocycles. The van der Waals surface area contributed by atoms with E-state index in [1.165, 1.54) is 0 Å². The molecule has 0 fully saturated rings. The van der Waals surface area contributed by atoms with E-state index in [-0.39, 0.29) is 18.1 Å². The van der Waals surface area contributed by atoms with Gasteiger partial charge >= 0.3 is 5.97 Å². The molecule has 0 spiro atoms. The highest BCUT2D eigenvalue weighted by atomic mass is 16.5. The van der Waals surface area contributed by atoms with Crippen molar-refractivity contribution < 1.29 is 19.0 Å². The molecule has 1 unspecified atom stereocenters. The van der Waals surface area contributed by atoms with Gasteiger partial charge in [-0.1, -0.05) is 0 Å². The van der Waals surface area contributed by atoms with Crippen LogP contribution in [0.3, 0.4) is 0 Å². The number of aryl methyl sites for hydroxylation is 2. The number of carbonyl (C=O) groups is 1. The zero-order chi connectivity index (χ0) is 19.4. The minimum absolute atomic E-state index is 0.00994. The second-order valence-electron chi connectivity index (χ2n) is 6.02. The molecule has 1 aromatic carbocycles. The number of esters is 1. The number of rotatable bonds is 5. The smallest absolute Gasteiger partial charge is 0.338 e. The van der Waals surface area contributed by atoms with Crippen molar-refractivity contribution >= 4 is 5.97 Å². The van der Waals surface area contributed by atoms with Crippen LogP contribution in [0.1, 0.15) is 43.4 Å². The normalized spacial score (nSPS) is 16.8. The molecule has 0 saturated carbocycles. The number of nitriles is 1. The number of ether oxygens (including phenoxy) is 3. The molecule has 1 aliphatic rings. The Hall–Kier alpha value is -2.94. The summed E-state index contributed by atoms with van der Waals surface area (Å²) in [6.45, 7) is 9.92. The predicted octanol–water partition coefficient (Wildman–Crippen LogP) is 3.35. The minimum atomic E-state index is -0.636. The van der Waals surface area contributed by atoms with Crippen LogP contribution >= 0.6 is 0 Å². The fraction of sp³-hybridized carbons (Fsp3) is 0.400. The molecule has 2 rings (SSSR count). The zero-order valence-electron chi connectivity index (χ0n) is 15.8. The molecular formula is C20H24N2O4. The van der Waals surface area contributed by atoms with Crippen molar-refractivity contribution in [1.29, 1.82) is 5.26 Å². The Morgan fingerprint density at radius 2 is 1.85 bits per heavy atom. The van der Waals surface area contributed by atoms with E-state index >= 15 is 0 Å². The Morgan fingerprint density at radius 3 is 2.35 bits per heavy atom. The Bertz CT molecular complexity index is 808. The average Bonchev–Trinajstić information content (AvgIpc) is 2.54. The highest BCUT2D eigenvalue weighted by Crippen LogP contribution is 2.42. The van der Waals surface area contributed by atoms with E-state index in [2.05, 4.69) is 6.07 Å². The maximum atomic E-state index is 12.6. The van der Waals surface area contributed by atoms with Crippen LogP contribution in [-0.4, -0.2) is 19.2 Å². The summed E-state index contributed by atoms with van der Waals surface area (Å²) in [7, 11) is 0. The first kappa shape index (κ1) is 19.4. The Morgan fingerprint density at radius 1 is 1.23 bits per heavy atom. The molecule has 1 heterocycles. The summed E-state index contributed by atoms with van der Waals surface area (Å²) in [6.07, 6.45) is 0. The van der Waals surface area contributed by atoms with Gasteiger partial charge in [-0.25, -0.2) is 4.79 Å². The third kappa shape index (κ3) is 3.52. The maximum Gasteiger partial charge on any atom is 0.338 e. The Labute approximate surface area is 153 Å². The summed E-state index contributed by atoms with van der Waals surface area (Å²) >= 11 is 0. The fourth-order valence-corrected chi connectivity index (χ4v) is 3.28. The summed E-state index contributed by atoms with van der Waals surface area (Å²) in [5, 5.41) is 9.66. The van der Waals surface area contributed by atoms with Crippen molar-refractivity contribution in [3.8, 4) is 11.8 Å². The number of hydrogen-bond donors (Lipinski definition) is 1. The topological polar surface area (TPSA) is 94.6 Å². The van der Waals surface area contributed by atoms with Crippen LogP contribution in [0.15, 0.2) is 34.9 Å². The van der Waals surface area contributed by atoms with Gasteiger partial charge in [0.1, 0.15) is 23.2 Å². The first-order valence-corrected chi connectivity index (χ1v) is 8.55. The molecule has 0 saturated heterocycles. The van der Waals surface area contributed by atoms with Crippen molar-refractivity contribution in [2.24, 2.45) is 5.73 Å². The van der Waals surface area contributed by atoms with E-state index in [0.29, 0.717) is 17.9 Å². The molecule has 138 valence electrons. The van der Waals surface area contributed by atoms with Gasteiger partial charge in [0.2, 0.25) is 5.88 Å². The van der Waals surface area contributed by atoms with Crippen molar-refractivity contribution in [2.75, 3.05) is 13.2 Å². The highest BCUT2D eigenvalue weighted by Gasteiger charge is 2.37. The number of hydrogen-bond acceptors (Lipinski definition) is 6. The summed E-state index contributed by atoms with van der Waals surface area (Å²) in [5.41, 5.74) is 9.08. The lowest BCUT2D eigenvalue weighted by molar-refractivity contribution is -0.139. The molecule has 0 amide bonds. The first-order valence-electron chi connectivity index (χ1n) is 8.55. The van der Waals surface area contributed by atoms with Crippen molar-refractivity contribution in [3.63, 3.8) is 0 Å². The van der Waals surface area contributed by atoms with Crippen LogP contribution < -0.4 is 10.5 Å². The molecular weight excluding hydrogens is 332 g/mol. The number of carbonyl (C=O) groups excluding carboxylic acids is 1. The molecule has 2 N–H and O–H groups in total. The quantitative estimate of drug-likeness (QED) is 0.813. The van der Waals surface area contributed by atoms with Gasteiger partial charge in [0.25, 0.3) is 0 Å². The van der Waals surface area contributed by atoms with Crippen LogP contribution in [-0.2, 0) is 14.3 Å². The number of allylic oxidation sites excluding steroid dienone is 2. The highest BCUT2D eigenvalue weighted by molar-refractivity contribution is 5.92. The number of benzene rings is 1. The van der Waals surface area contributed by atoms with Crippen LogP contribution in [0.2, 0.25) is 0 Å². The van der Waals surface area contributed by atoms with Gasteiger partial charge in [-0.2, -0.15) is 5.26 Å². The Balaban J connectivity index is 2.70. The van der Waals surface area contributed by atoms with E-state index in [1.807, 2.05) is 32.9 Å². The van der Waals surface area contributed by atoms with Crippen molar-refractivity contribution in [3.05, 3.63) is 51.6 Å². The van der Waals surface area contributed by atoms with Gasteiger partial charge in [0.15, 0.2) is 0 Å². The molecule has 0 radical (unpaired) electrons. The molecule has 0 bridgehead atoms. The molecule has 6 nitrogen and oxygen atoms in total. The average molecular weight is 356 g/mol. The van der Waals surface area contributed by atoms with Gasteiger partial charge in [0.05, 0.1) is 24.7 Å². The number of nitrogens with two attached hydrogens (primary N) is 1. The molecule has 0 aromatic heterocycles. The lowest BCUT2D eigenvalue weighted by Crippen LogP contribution is -2.26. The second kappa shape index (κ2) is 7.96. The Kier molecular flexibility index (Phi) is 5.93. The van der Waals surface area contributed by atoms with Crippen LogP contribution in [0.5, 0.6) is 5.75 Å².